The number of carbonyl (C=O) groups excluding carboxylic acids is 1. The van der Waals surface area contributed by atoms with Crippen LogP contribution >= 0.6 is 0 Å². The molecule has 0 aromatic carbocycles. The fourth-order valence-electron chi connectivity index (χ4n) is 3.72. The lowest BCUT2D eigenvalue weighted by Crippen LogP contribution is -2.51. The average molecular weight is 310 g/mol. The Morgan fingerprint density at radius 1 is 1.00 bits per heavy atom. The Morgan fingerprint density at radius 3 is 2.09 bits per heavy atom. The van der Waals surface area contributed by atoms with E-state index in [1.165, 1.54) is 0 Å². The molecule has 128 valence electrons. The van der Waals surface area contributed by atoms with E-state index in [0.717, 1.165) is 58.3 Å². The molecule has 1 aliphatic heterocycles. The highest BCUT2D eigenvalue weighted by molar-refractivity contribution is 5.76. The largest absolute Gasteiger partial charge is 0.376 e. The first-order valence-electron chi connectivity index (χ1n) is 9.13. The monoisotopic (exact) mass is 310 g/mol. The van der Waals surface area contributed by atoms with Crippen LogP contribution in [-0.4, -0.2) is 60.1 Å². The minimum Gasteiger partial charge on any atom is -0.376 e. The summed E-state index contributed by atoms with van der Waals surface area (Å²) >= 11 is 0. The standard InChI is InChI=1S/C18H34N2O2/c1-14(2)19-9-11-20(12-10-19)18(21)13-16-5-7-17(8-6-16)22-15(3)4/h14-17H,5-13H2,1-4H3/t16-,17-. The van der Waals surface area contributed by atoms with Crippen LogP contribution in [-0.2, 0) is 9.53 Å². The second-order valence-electron chi connectivity index (χ2n) is 7.54. The molecule has 0 aromatic heterocycles. The molecule has 0 unspecified atom stereocenters. The molecule has 0 aromatic rings. The lowest BCUT2D eigenvalue weighted by Gasteiger charge is -2.38. The van der Waals surface area contributed by atoms with Gasteiger partial charge < -0.3 is 9.64 Å². The SMILES string of the molecule is CC(C)O[C@H]1CC[C@H](CC(=O)N2CCN(C(C)C)CC2)CC1. The molecule has 0 radical (unpaired) electrons. The molecule has 1 saturated carbocycles. The van der Waals surface area contributed by atoms with Crippen molar-refractivity contribution in [1.82, 2.24) is 9.80 Å². The topological polar surface area (TPSA) is 32.8 Å². The minimum absolute atomic E-state index is 0.320. The van der Waals surface area contributed by atoms with Gasteiger partial charge in [0.1, 0.15) is 0 Å². The van der Waals surface area contributed by atoms with Gasteiger partial charge >= 0.3 is 0 Å². The van der Waals surface area contributed by atoms with Gasteiger partial charge in [0.2, 0.25) is 5.91 Å². The molecule has 1 amide bonds. The lowest BCUT2D eigenvalue weighted by molar-refractivity contribution is -0.134. The molecule has 0 bridgehead atoms. The number of amides is 1. The Bertz CT molecular complexity index is 341. The lowest BCUT2D eigenvalue weighted by atomic mass is 9.85. The van der Waals surface area contributed by atoms with Crippen LogP contribution in [0.25, 0.3) is 0 Å². The number of hydrogen-bond acceptors (Lipinski definition) is 3. The third kappa shape index (κ3) is 5.24. The number of ether oxygens (including phenoxy) is 1. The van der Waals surface area contributed by atoms with E-state index in [2.05, 4.69) is 37.5 Å². The van der Waals surface area contributed by atoms with Crippen molar-refractivity contribution in [2.24, 2.45) is 5.92 Å². The summed E-state index contributed by atoms with van der Waals surface area (Å²) in [5, 5.41) is 0. The summed E-state index contributed by atoms with van der Waals surface area (Å²) < 4.78 is 5.89. The summed E-state index contributed by atoms with van der Waals surface area (Å²) in [6, 6.07) is 0.591. The van der Waals surface area contributed by atoms with E-state index in [0.29, 0.717) is 30.1 Å². The van der Waals surface area contributed by atoms with Gasteiger partial charge in [-0.15, -0.1) is 0 Å². The van der Waals surface area contributed by atoms with Gasteiger partial charge in [-0.3, -0.25) is 9.69 Å². The summed E-state index contributed by atoms with van der Waals surface area (Å²) in [4.78, 5) is 17.0. The number of nitrogens with zero attached hydrogens (tertiary/aromatic N) is 2. The molecule has 22 heavy (non-hydrogen) atoms. The number of hydrogen-bond donors (Lipinski definition) is 0. The second-order valence-corrected chi connectivity index (χ2v) is 7.54. The summed E-state index contributed by atoms with van der Waals surface area (Å²) in [6.07, 6.45) is 6.02. The predicted octanol–water partition coefficient (Wildman–Crippen LogP) is 2.91. The first-order valence-corrected chi connectivity index (χ1v) is 9.13. The normalized spacial score (nSPS) is 27.6. The van der Waals surface area contributed by atoms with Crippen molar-refractivity contribution in [1.29, 1.82) is 0 Å². The molecule has 0 spiro atoms. The first-order chi connectivity index (χ1) is 10.5. The third-order valence-corrected chi connectivity index (χ3v) is 5.12. The predicted molar refractivity (Wildman–Crippen MR) is 89.9 cm³/mol. The van der Waals surface area contributed by atoms with E-state index in [4.69, 9.17) is 4.74 Å². The van der Waals surface area contributed by atoms with Gasteiger partial charge in [0, 0.05) is 38.6 Å². The molecule has 1 heterocycles. The molecular formula is C18H34N2O2. The van der Waals surface area contributed by atoms with Gasteiger partial charge in [0.25, 0.3) is 0 Å². The van der Waals surface area contributed by atoms with E-state index >= 15 is 0 Å². The molecule has 4 nitrogen and oxygen atoms in total. The van der Waals surface area contributed by atoms with Crippen LogP contribution in [0.3, 0.4) is 0 Å². The van der Waals surface area contributed by atoms with Gasteiger partial charge in [0.15, 0.2) is 0 Å². The molecule has 2 aliphatic rings. The smallest absolute Gasteiger partial charge is 0.222 e. The zero-order valence-corrected chi connectivity index (χ0v) is 14.9. The first kappa shape index (κ1) is 17.7. The number of rotatable bonds is 5. The van der Waals surface area contributed by atoms with Crippen LogP contribution in [0.15, 0.2) is 0 Å². The molecule has 2 fully saturated rings. The number of carbonyl (C=O) groups is 1. The van der Waals surface area contributed by atoms with Crippen LogP contribution in [0, 0.1) is 5.92 Å². The van der Waals surface area contributed by atoms with E-state index in [1.807, 2.05) is 0 Å². The Morgan fingerprint density at radius 2 is 1.59 bits per heavy atom. The fraction of sp³-hybridized carbons (Fsp3) is 0.944. The van der Waals surface area contributed by atoms with Crippen molar-refractivity contribution in [3.63, 3.8) is 0 Å². The Hall–Kier alpha value is -0.610. The average Bonchev–Trinajstić information content (AvgIpc) is 2.49. The van der Waals surface area contributed by atoms with E-state index in [9.17, 15) is 4.79 Å². The molecule has 2 rings (SSSR count). The maximum Gasteiger partial charge on any atom is 0.222 e. The van der Waals surface area contributed by atoms with Crippen molar-refractivity contribution < 1.29 is 9.53 Å². The summed E-state index contributed by atoms with van der Waals surface area (Å²) in [5.41, 5.74) is 0. The van der Waals surface area contributed by atoms with Gasteiger partial charge in [-0.2, -0.15) is 0 Å². The van der Waals surface area contributed by atoms with Crippen LogP contribution in [0.1, 0.15) is 59.8 Å². The highest BCUT2D eigenvalue weighted by Gasteiger charge is 2.27. The molecule has 4 heteroatoms. The van der Waals surface area contributed by atoms with E-state index < -0.39 is 0 Å². The maximum absolute atomic E-state index is 12.5. The fourth-order valence-corrected chi connectivity index (χ4v) is 3.72. The second kappa shape index (κ2) is 8.30. The Balaban J connectivity index is 1.68. The van der Waals surface area contributed by atoms with E-state index in [1.54, 1.807) is 0 Å². The van der Waals surface area contributed by atoms with Crippen molar-refractivity contribution in [2.45, 2.75) is 78.0 Å². The highest BCUT2D eigenvalue weighted by Crippen LogP contribution is 2.29. The molecule has 0 N–H and O–H groups in total. The van der Waals surface area contributed by atoms with Crippen molar-refractivity contribution >= 4 is 5.91 Å². The summed E-state index contributed by atoms with van der Waals surface area (Å²) in [6.45, 7) is 12.5. The van der Waals surface area contributed by atoms with Crippen molar-refractivity contribution in [3.05, 3.63) is 0 Å². The molecular weight excluding hydrogens is 276 g/mol. The van der Waals surface area contributed by atoms with Crippen LogP contribution in [0.2, 0.25) is 0 Å². The minimum atomic E-state index is 0.320. The number of piperazine rings is 1. The van der Waals surface area contributed by atoms with E-state index in [-0.39, 0.29) is 0 Å². The van der Waals surface area contributed by atoms with Crippen LogP contribution in [0.5, 0.6) is 0 Å². The third-order valence-electron chi connectivity index (χ3n) is 5.12. The maximum atomic E-state index is 12.5. The van der Waals surface area contributed by atoms with Gasteiger partial charge in [-0.05, 0) is 59.3 Å². The van der Waals surface area contributed by atoms with Gasteiger partial charge in [-0.25, -0.2) is 0 Å². The zero-order valence-electron chi connectivity index (χ0n) is 14.9. The molecule has 1 aliphatic carbocycles. The molecule has 1 saturated heterocycles. The quantitative estimate of drug-likeness (QED) is 0.783. The van der Waals surface area contributed by atoms with Gasteiger partial charge in [-0.1, -0.05) is 0 Å². The Labute approximate surface area is 136 Å². The highest BCUT2D eigenvalue weighted by atomic mass is 16.5. The zero-order chi connectivity index (χ0) is 16.1. The Kier molecular flexibility index (Phi) is 6.69. The van der Waals surface area contributed by atoms with Crippen molar-refractivity contribution in [3.8, 4) is 0 Å². The molecule has 0 atom stereocenters. The van der Waals surface area contributed by atoms with Crippen molar-refractivity contribution in [2.75, 3.05) is 26.2 Å². The van der Waals surface area contributed by atoms with Crippen LogP contribution < -0.4 is 0 Å². The van der Waals surface area contributed by atoms with Crippen LogP contribution in [0.4, 0.5) is 0 Å². The summed E-state index contributed by atoms with van der Waals surface area (Å²) in [7, 11) is 0. The van der Waals surface area contributed by atoms with Gasteiger partial charge in [0.05, 0.1) is 12.2 Å². The summed E-state index contributed by atoms with van der Waals surface area (Å²) in [5.74, 6) is 0.944.